The van der Waals surface area contributed by atoms with Crippen molar-refractivity contribution < 1.29 is 33.0 Å². The molecule has 0 saturated heterocycles. The maximum Gasteiger partial charge on any atom is 0.412 e. The molecule has 0 amide bonds. The Morgan fingerprint density at radius 3 is 2.52 bits per heavy atom. The second-order valence-corrected chi connectivity index (χ2v) is 7.47. The molecule has 4 bridgehead atoms. The second kappa shape index (κ2) is 5.33. The Morgan fingerprint density at radius 2 is 1.95 bits per heavy atom. The highest BCUT2D eigenvalue weighted by Crippen LogP contribution is 2.60. The van der Waals surface area contributed by atoms with E-state index in [1.165, 1.54) is 0 Å². The van der Waals surface area contributed by atoms with Gasteiger partial charge in [-0.1, -0.05) is 0 Å². The van der Waals surface area contributed by atoms with Gasteiger partial charge in [-0.25, -0.2) is 4.79 Å². The monoisotopic (exact) mass is 323 g/mol. The molecule has 4 fully saturated rings. The lowest BCUT2D eigenvalue weighted by Gasteiger charge is -2.59. The zero-order valence-electron chi connectivity index (χ0n) is 11.3. The first kappa shape index (κ1) is 15.5. The average Bonchev–Trinajstić information content (AvgIpc) is 2.41. The zero-order valence-corrected chi connectivity index (χ0v) is 12.1. The van der Waals surface area contributed by atoms with Crippen LogP contribution in [0.3, 0.4) is 0 Å². The van der Waals surface area contributed by atoms with Crippen LogP contribution in [0.2, 0.25) is 0 Å². The molecule has 3 atom stereocenters. The number of carbonyl (C=O) groups excluding carboxylic acids is 1. The minimum Gasteiger partial charge on any atom is -0.710 e. The van der Waals surface area contributed by atoms with Gasteiger partial charge in [0.15, 0.2) is 0 Å². The third-order valence-electron chi connectivity index (χ3n) is 5.27. The third-order valence-corrected chi connectivity index (χ3v) is 5.71. The number of alkyl halides is 2. The van der Waals surface area contributed by atoms with Crippen LogP contribution in [0.5, 0.6) is 0 Å². The summed E-state index contributed by atoms with van der Waals surface area (Å²) in [6.45, 7) is -0.217. The number of esters is 1. The van der Waals surface area contributed by atoms with Crippen LogP contribution in [0, 0.1) is 23.2 Å². The van der Waals surface area contributed by atoms with E-state index in [-0.39, 0.29) is 12.5 Å². The first-order valence-corrected chi connectivity index (χ1v) is 7.81. The fourth-order valence-electron chi connectivity index (χ4n) is 4.76. The lowest BCUT2D eigenvalue weighted by Crippen LogP contribution is -2.58. The van der Waals surface area contributed by atoms with E-state index >= 15 is 0 Å². The van der Waals surface area contributed by atoms with Gasteiger partial charge in [0.25, 0.3) is 0 Å². The molecule has 8 heteroatoms. The summed E-state index contributed by atoms with van der Waals surface area (Å²) < 4.78 is 34.1. The smallest absolute Gasteiger partial charge is 0.412 e. The predicted molar refractivity (Wildman–Crippen MR) is 66.6 cm³/mol. The molecule has 4 aliphatic carbocycles. The zero-order chi connectivity index (χ0) is 15.3. The molecular formula is C13H17F2O5S-. The Balaban J connectivity index is 1.66. The summed E-state index contributed by atoms with van der Waals surface area (Å²) in [5.74, 6) is -0.616. The summed E-state index contributed by atoms with van der Waals surface area (Å²) in [7, 11) is 0. The molecule has 0 aromatic carbocycles. The number of hydrogen-bond donors (Lipinski definition) is 1. The Kier molecular flexibility index (Phi) is 3.92. The van der Waals surface area contributed by atoms with Gasteiger partial charge in [-0.3, -0.25) is 0 Å². The van der Waals surface area contributed by atoms with Crippen molar-refractivity contribution in [3.8, 4) is 0 Å². The first-order valence-electron chi connectivity index (χ1n) is 7.07. The van der Waals surface area contributed by atoms with E-state index in [2.05, 4.69) is 4.33 Å². The highest BCUT2D eigenvalue weighted by Gasteiger charge is 2.57. The summed E-state index contributed by atoms with van der Waals surface area (Å²) >= 11 is -0.766. The molecule has 0 heterocycles. The molecule has 4 aliphatic rings. The molecule has 0 aromatic rings. The minimum atomic E-state index is -4.02. The Morgan fingerprint density at radius 1 is 1.33 bits per heavy atom. The topological polar surface area (TPSA) is 78.8 Å². The average molecular weight is 323 g/mol. The van der Waals surface area contributed by atoms with Gasteiger partial charge in [-0.15, -0.1) is 0 Å². The van der Waals surface area contributed by atoms with Crippen molar-refractivity contribution in [1.82, 2.24) is 0 Å². The van der Waals surface area contributed by atoms with E-state index in [0.29, 0.717) is 24.7 Å². The van der Waals surface area contributed by atoms with Crippen molar-refractivity contribution >= 4 is 18.0 Å². The molecule has 21 heavy (non-hydrogen) atoms. The van der Waals surface area contributed by atoms with Gasteiger partial charge in [0, 0.05) is 5.41 Å². The van der Waals surface area contributed by atoms with Crippen LogP contribution in [-0.4, -0.2) is 29.0 Å². The standard InChI is InChI=1S/C13H18F2O5S/c14-13(15,21-20-18)11(17)19-6-12-4-7-1-8(5-12)3-9(2-7)10(12)16/h7-10,16,18H,1-6H2/p-1. The van der Waals surface area contributed by atoms with Crippen LogP contribution in [0.4, 0.5) is 8.78 Å². The van der Waals surface area contributed by atoms with Crippen LogP contribution in [0.1, 0.15) is 32.1 Å². The predicted octanol–water partition coefficient (Wildman–Crippen LogP) is 1.25. The van der Waals surface area contributed by atoms with E-state index in [1.54, 1.807) is 0 Å². The summed E-state index contributed by atoms with van der Waals surface area (Å²) in [6.07, 6.45) is 3.90. The molecule has 0 aliphatic heterocycles. The van der Waals surface area contributed by atoms with Crippen molar-refractivity contribution in [2.24, 2.45) is 23.2 Å². The van der Waals surface area contributed by atoms with Crippen LogP contribution in [-0.2, 0) is 13.9 Å². The van der Waals surface area contributed by atoms with Crippen molar-refractivity contribution in [2.45, 2.75) is 43.5 Å². The number of aliphatic hydroxyl groups excluding tert-OH is 1. The largest absolute Gasteiger partial charge is 0.710 e. The van der Waals surface area contributed by atoms with E-state index in [0.717, 1.165) is 19.3 Å². The van der Waals surface area contributed by atoms with Crippen LogP contribution >= 0.6 is 12.0 Å². The number of aliphatic hydroxyl groups is 1. The van der Waals surface area contributed by atoms with Crippen molar-refractivity contribution in [3.63, 3.8) is 0 Å². The van der Waals surface area contributed by atoms with E-state index in [9.17, 15) is 23.9 Å². The molecule has 3 unspecified atom stereocenters. The van der Waals surface area contributed by atoms with Gasteiger partial charge in [0.2, 0.25) is 0 Å². The molecule has 0 aromatic heterocycles. The molecular weight excluding hydrogens is 306 g/mol. The van der Waals surface area contributed by atoms with Gasteiger partial charge in [0.05, 0.1) is 24.8 Å². The number of ether oxygens (including phenoxy) is 1. The van der Waals surface area contributed by atoms with Gasteiger partial charge < -0.3 is 19.4 Å². The summed E-state index contributed by atoms with van der Waals surface area (Å²) in [4.78, 5) is 11.4. The van der Waals surface area contributed by atoms with Gasteiger partial charge in [-0.05, 0) is 49.9 Å². The van der Waals surface area contributed by atoms with Crippen molar-refractivity contribution in [2.75, 3.05) is 6.61 Å². The van der Waals surface area contributed by atoms with Crippen LogP contribution in [0.25, 0.3) is 0 Å². The normalized spacial score (nSPS) is 41.3. The maximum absolute atomic E-state index is 13.2. The van der Waals surface area contributed by atoms with E-state index in [4.69, 9.17) is 4.74 Å². The SMILES string of the molecule is O=C(OCC12CC3CC(CC(C3)C1O)C2)C(F)(F)SO[O-]. The minimum absolute atomic E-state index is 0.190. The number of hydrogen-bond acceptors (Lipinski definition) is 6. The summed E-state index contributed by atoms with van der Waals surface area (Å²) in [5.41, 5.74) is -0.594. The molecule has 0 spiro atoms. The highest BCUT2D eigenvalue weighted by atomic mass is 32.2. The van der Waals surface area contributed by atoms with E-state index in [1.807, 2.05) is 0 Å². The highest BCUT2D eigenvalue weighted by molar-refractivity contribution is 7.96. The molecule has 4 saturated carbocycles. The van der Waals surface area contributed by atoms with Crippen molar-refractivity contribution in [1.29, 1.82) is 0 Å². The molecule has 120 valence electrons. The van der Waals surface area contributed by atoms with Crippen LogP contribution in [0.15, 0.2) is 0 Å². The number of carbonyl (C=O) groups is 1. The number of rotatable bonds is 5. The van der Waals surface area contributed by atoms with Gasteiger partial charge in [0.1, 0.15) is 0 Å². The van der Waals surface area contributed by atoms with E-state index < -0.39 is 34.8 Å². The fourth-order valence-corrected chi connectivity index (χ4v) is 4.97. The second-order valence-electron chi connectivity index (χ2n) is 6.66. The van der Waals surface area contributed by atoms with Gasteiger partial charge in [-0.2, -0.15) is 8.78 Å². The van der Waals surface area contributed by atoms with Crippen LogP contribution < -0.4 is 5.26 Å². The quantitative estimate of drug-likeness (QED) is 0.355. The lowest BCUT2D eigenvalue weighted by atomic mass is 9.48. The van der Waals surface area contributed by atoms with Gasteiger partial charge >= 0.3 is 11.2 Å². The fraction of sp³-hybridized carbons (Fsp3) is 0.923. The first-order chi connectivity index (χ1) is 9.86. The molecule has 1 N–H and O–H groups in total. The van der Waals surface area contributed by atoms with Crippen molar-refractivity contribution in [3.05, 3.63) is 0 Å². The lowest BCUT2D eigenvalue weighted by molar-refractivity contribution is -0.630. The molecule has 4 rings (SSSR count). The Bertz CT molecular complexity index is 419. The number of halogens is 2. The Labute approximate surface area is 125 Å². The molecule has 0 radical (unpaired) electrons. The third kappa shape index (κ3) is 2.67. The maximum atomic E-state index is 13.2. The summed E-state index contributed by atoms with van der Waals surface area (Å²) in [5, 5.41) is 16.2. The Hall–Kier alpha value is -0.440. The molecule has 5 nitrogen and oxygen atoms in total. The summed E-state index contributed by atoms with van der Waals surface area (Å²) in [6, 6.07) is 0.